The SMILES string of the molecule is CC(=O)[C@H](Cc1ccccc1)NC(=O)CSc1nc2ccccc2n1CC(C)C. The van der Waals surface area contributed by atoms with Gasteiger partial charge in [-0.25, -0.2) is 4.98 Å². The number of rotatable bonds is 9. The number of para-hydroxylation sites is 2. The van der Waals surface area contributed by atoms with E-state index in [4.69, 9.17) is 4.98 Å². The van der Waals surface area contributed by atoms with Crippen LogP contribution in [0.4, 0.5) is 0 Å². The molecule has 2 aromatic carbocycles. The lowest BCUT2D eigenvalue weighted by atomic mass is 10.0. The number of hydrogen-bond acceptors (Lipinski definition) is 4. The van der Waals surface area contributed by atoms with Crippen molar-refractivity contribution in [2.75, 3.05) is 5.75 Å². The Morgan fingerprint density at radius 3 is 2.45 bits per heavy atom. The predicted molar refractivity (Wildman–Crippen MR) is 118 cm³/mol. The number of carbonyl (C=O) groups excluding carboxylic acids is 2. The quantitative estimate of drug-likeness (QED) is 0.541. The Morgan fingerprint density at radius 2 is 1.76 bits per heavy atom. The second-order valence-corrected chi connectivity index (χ2v) is 8.54. The van der Waals surface area contributed by atoms with Crippen molar-refractivity contribution in [1.82, 2.24) is 14.9 Å². The molecular formula is C23H27N3O2S. The zero-order valence-corrected chi connectivity index (χ0v) is 17.9. The maximum absolute atomic E-state index is 12.5. The fourth-order valence-corrected chi connectivity index (χ4v) is 4.05. The molecule has 0 saturated heterocycles. The van der Waals surface area contributed by atoms with E-state index in [1.54, 1.807) is 0 Å². The number of thioether (sulfide) groups is 1. The average Bonchev–Trinajstić information content (AvgIpc) is 3.03. The van der Waals surface area contributed by atoms with Crippen molar-refractivity contribution in [2.45, 2.75) is 44.9 Å². The summed E-state index contributed by atoms with van der Waals surface area (Å²) in [6.45, 7) is 6.69. The molecule has 0 radical (unpaired) electrons. The number of carbonyl (C=O) groups is 2. The topological polar surface area (TPSA) is 64.0 Å². The van der Waals surface area contributed by atoms with E-state index >= 15 is 0 Å². The summed E-state index contributed by atoms with van der Waals surface area (Å²) in [6, 6.07) is 17.2. The highest BCUT2D eigenvalue weighted by molar-refractivity contribution is 7.99. The van der Waals surface area contributed by atoms with E-state index in [1.165, 1.54) is 18.7 Å². The van der Waals surface area contributed by atoms with Gasteiger partial charge in [0.2, 0.25) is 5.91 Å². The molecule has 3 aromatic rings. The summed E-state index contributed by atoms with van der Waals surface area (Å²) in [5.41, 5.74) is 3.04. The van der Waals surface area contributed by atoms with Crippen molar-refractivity contribution in [2.24, 2.45) is 5.92 Å². The van der Waals surface area contributed by atoms with Gasteiger partial charge in [-0.3, -0.25) is 9.59 Å². The Balaban J connectivity index is 1.67. The molecule has 0 fully saturated rings. The summed E-state index contributed by atoms with van der Waals surface area (Å²) in [5.74, 6) is 0.488. The second-order valence-electron chi connectivity index (χ2n) is 7.60. The molecular weight excluding hydrogens is 382 g/mol. The molecule has 0 spiro atoms. The molecule has 6 heteroatoms. The smallest absolute Gasteiger partial charge is 0.231 e. The number of hydrogen-bond donors (Lipinski definition) is 1. The normalized spacial score (nSPS) is 12.3. The molecule has 152 valence electrons. The first-order valence-electron chi connectivity index (χ1n) is 9.86. The van der Waals surface area contributed by atoms with Gasteiger partial charge in [0.05, 0.1) is 22.8 Å². The van der Waals surface area contributed by atoms with Crippen LogP contribution in [0.25, 0.3) is 11.0 Å². The summed E-state index contributed by atoms with van der Waals surface area (Å²) in [6.07, 6.45) is 0.498. The number of fused-ring (bicyclic) bond motifs is 1. The Hall–Kier alpha value is -2.60. The third-order valence-electron chi connectivity index (χ3n) is 4.61. The van der Waals surface area contributed by atoms with Crippen LogP contribution in [0.15, 0.2) is 59.8 Å². The van der Waals surface area contributed by atoms with Crippen molar-refractivity contribution in [3.05, 3.63) is 60.2 Å². The molecule has 0 saturated carbocycles. The van der Waals surface area contributed by atoms with Crippen LogP contribution in [-0.2, 0) is 22.6 Å². The van der Waals surface area contributed by atoms with E-state index in [1.807, 2.05) is 48.5 Å². The molecule has 1 amide bonds. The highest BCUT2D eigenvalue weighted by atomic mass is 32.2. The third kappa shape index (κ3) is 5.70. The van der Waals surface area contributed by atoms with Crippen LogP contribution in [0, 0.1) is 5.92 Å². The van der Waals surface area contributed by atoms with Gasteiger partial charge < -0.3 is 9.88 Å². The number of nitrogens with one attached hydrogen (secondary N) is 1. The zero-order chi connectivity index (χ0) is 20.8. The first-order valence-corrected chi connectivity index (χ1v) is 10.8. The summed E-state index contributed by atoms with van der Waals surface area (Å²) in [4.78, 5) is 29.3. The largest absolute Gasteiger partial charge is 0.345 e. The second kappa shape index (κ2) is 9.74. The van der Waals surface area contributed by atoms with Crippen LogP contribution in [0.3, 0.4) is 0 Å². The minimum Gasteiger partial charge on any atom is -0.345 e. The van der Waals surface area contributed by atoms with Gasteiger partial charge in [0, 0.05) is 6.54 Å². The van der Waals surface area contributed by atoms with E-state index < -0.39 is 6.04 Å². The molecule has 1 N–H and O–H groups in total. The number of imidazole rings is 1. The van der Waals surface area contributed by atoms with Crippen LogP contribution in [0.5, 0.6) is 0 Å². The van der Waals surface area contributed by atoms with E-state index in [0.717, 1.165) is 28.3 Å². The minimum absolute atomic E-state index is 0.0424. The first kappa shape index (κ1) is 21.1. The molecule has 0 bridgehead atoms. The predicted octanol–water partition coefficient (Wildman–Crippen LogP) is 4.10. The molecule has 1 atom stereocenters. The Labute approximate surface area is 175 Å². The molecule has 0 aliphatic heterocycles. The van der Waals surface area contributed by atoms with Gasteiger partial charge in [0.25, 0.3) is 0 Å². The van der Waals surface area contributed by atoms with Crippen LogP contribution >= 0.6 is 11.8 Å². The van der Waals surface area contributed by atoms with Crippen molar-refractivity contribution in [1.29, 1.82) is 0 Å². The number of amides is 1. The number of aromatic nitrogens is 2. The lowest BCUT2D eigenvalue weighted by Gasteiger charge is -2.16. The highest BCUT2D eigenvalue weighted by Crippen LogP contribution is 2.25. The molecule has 1 heterocycles. The number of benzene rings is 2. The number of ketones is 1. The van der Waals surface area contributed by atoms with Gasteiger partial charge in [-0.2, -0.15) is 0 Å². The Bertz CT molecular complexity index is 982. The van der Waals surface area contributed by atoms with Crippen LogP contribution in [0.1, 0.15) is 26.3 Å². The van der Waals surface area contributed by atoms with E-state index in [2.05, 4.69) is 29.8 Å². The maximum atomic E-state index is 12.5. The number of nitrogens with zero attached hydrogens (tertiary/aromatic N) is 2. The molecule has 0 aliphatic carbocycles. The van der Waals surface area contributed by atoms with Gasteiger partial charge >= 0.3 is 0 Å². The van der Waals surface area contributed by atoms with Crippen molar-refractivity contribution >= 4 is 34.5 Å². The van der Waals surface area contributed by atoms with Gasteiger partial charge in [0.15, 0.2) is 10.9 Å². The van der Waals surface area contributed by atoms with Gasteiger partial charge in [-0.05, 0) is 37.0 Å². The Kier molecular flexibility index (Phi) is 7.09. The fraction of sp³-hybridized carbons (Fsp3) is 0.348. The van der Waals surface area contributed by atoms with E-state index in [-0.39, 0.29) is 17.4 Å². The highest BCUT2D eigenvalue weighted by Gasteiger charge is 2.19. The third-order valence-corrected chi connectivity index (χ3v) is 5.58. The van der Waals surface area contributed by atoms with E-state index in [0.29, 0.717) is 12.3 Å². The fourth-order valence-electron chi connectivity index (χ4n) is 3.22. The first-order chi connectivity index (χ1) is 13.9. The zero-order valence-electron chi connectivity index (χ0n) is 17.1. The van der Waals surface area contributed by atoms with Crippen LogP contribution in [-0.4, -0.2) is 33.0 Å². The summed E-state index contributed by atoms with van der Waals surface area (Å²) >= 11 is 1.41. The maximum Gasteiger partial charge on any atom is 0.231 e. The van der Waals surface area contributed by atoms with Crippen molar-refractivity contribution < 1.29 is 9.59 Å². The summed E-state index contributed by atoms with van der Waals surface area (Å²) in [7, 11) is 0. The van der Waals surface area contributed by atoms with Gasteiger partial charge in [-0.15, -0.1) is 0 Å². The molecule has 3 rings (SSSR count). The summed E-state index contributed by atoms with van der Waals surface area (Å²) in [5, 5.41) is 3.71. The van der Waals surface area contributed by atoms with E-state index in [9.17, 15) is 9.59 Å². The molecule has 5 nitrogen and oxygen atoms in total. The average molecular weight is 410 g/mol. The standard InChI is InChI=1S/C23H27N3O2S/c1-16(2)14-26-21-12-8-7-11-19(21)25-23(26)29-15-22(28)24-20(17(3)27)13-18-9-5-4-6-10-18/h4-12,16,20H,13-15H2,1-3H3,(H,24,28)/t20-/m0/s1. The van der Waals surface area contributed by atoms with Gasteiger partial charge in [0.1, 0.15) is 0 Å². The van der Waals surface area contributed by atoms with Crippen LogP contribution < -0.4 is 5.32 Å². The van der Waals surface area contributed by atoms with Gasteiger partial charge in [-0.1, -0.05) is 68.1 Å². The van der Waals surface area contributed by atoms with Crippen molar-refractivity contribution in [3.8, 4) is 0 Å². The molecule has 0 unspecified atom stereocenters. The molecule has 0 aliphatic rings. The van der Waals surface area contributed by atoms with Crippen LogP contribution in [0.2, 0.25) is 0 Å². The lowest BCUT2D eigenvalue weighted by molar-refractivity contribution is -0.125. The Morgan fingerprint density at radius 1 is 1.07 bits per heavy atom. The lowest BCUT2D eigenvalue weighted by Crippen LogP contribution is -2.42. The molecule has 29 heavy (non-hydrogen) atoms. The van der Waals surface area contributed by atoms with Crippen molar-refractivity contribution in [3.63, 3.8) is 0 Å². The number of Topliss-reactive ketones (excluding diaryl/α,β-unsaturated/α-hetero) is 1. The molecule has 1 aromatic heterocycles. The minimum atomic E-state index is -0.514. The monoisotopic (exact) mass is 409 g/mol. The summed E-state index contributed by atoms with van der Waals surface area (Å²) < 4.78 is 2.17.